The number of aromatic nitrogens is 1. The third kappa shape index (κ3) is 2.27. The first kappa shape index (κ1) is 13.1. The largest absolute Gasteiger partial charge is 0.417 e. The Kier molecular flexibility index (Phi) is 3.17. The Bertz CT molecular complexity index is 673. The van der Waals surface area contributed by atoms with Crippen molar-refractivity contribution >= 4 is 22.5 Å². The molecule has 3 N–H and O–H groups in total. The maximum Gasteiger partial charge on any atom is 0.417 e. The average molecular weight is 276 g/mol. The number of fused-ring (bicyclic) bond motifs is 1. The molecule has 2 heterocycles. The van der Waals surface area contributed by atoms with Crippen LogP contribution in [0.3, 0.4) is 0 Å². The Morgan fingerprint density at radius 1 is 1.50 bits per heavy atom. The summed E-state index contributed by atoms with van der Waals surface area (Å²) in [5, 5.41) is 0. The number of hydrogen-bond acceptors (Lipinski definition) is 5. The zero-order chi connectivity index (χ0) is 14.3. The fraction of sp³-hybridized carbons (Fsp3) is 0.500. The van der Waals surface area contributed by atoms with Crippen molar-refractivity contribution in [1.29, 1.82) is 0 Å². The van der Waals surface area contributed by atoms with Crippen molar-refractivity contribution in [3.05, 3.63) is 22.7 Å². The lowest BCUT2D eigenvalue weighted by atomic mass is 10.1. The van der Waals surface area contributed by atoms with Crippen LogP contribution in [-0.4, -0.2) is 43.1 Å². The minimum atomic E-state index is -0.442. The Labute approximate surface area is 117 Å². The van der Waals surface area contributed by atoms with Gasteiger partial charge in [0.25, 0.3) is 0 Å². The summed E-state index contributed by atoms with van der Waals surface area (Å²) >= 11 is 0. The molecule has 1 aliphatic rings. The van der Waals surface area contributed by atoms with E-state index in [1.54, 1.807) is 6.07 Å². The Balaban J connectivity index is 1.99. The van der Waals surface area contributed by atoms with Gasteiger partial charge in [0.1, 0.15) is 0 Å². The van der Waals surface area contributed by atoms with E-state index in [1.807, 2.05) is 6.07 Å². The summed E-state index contributed by atoms with van der Waals surface area (Å²) in [6.07, 6.45) is 2.33. The number of anilines is 2. The predicted molar refractivity (Wildman–Crippen MR) is 80.2 cm³/mol. The molecule has 0 aliphatic carbocycles. The number of nitrogens with one attached hydrogen (secondary N) is 1. The van der Waals surface area contributed by atoms with E-state index in [0.717, 1.165) is 31.6 Å². The Morgan fingerprint density at radius 2 is 2.30 bits per heavy atom. The van der Waals surface area contributed by atoms with E-state index in [-0.39, 0.29) is 0 Å². The first-order valence-corrected chi connectivity index (χ1v) is 6.88. The van der Waals surface area contributed by atoms with Gasteiger partial charge in [-0.2, -0.15) is 0 Å². The SMILES string of the molecule is CN(C)CC1CCCN1c1cc2[nH]c(=O)oc2cc1N. The second-order valence-corrected chi connectivity index (χ2v) is 5.67. The molecule has 1 aliphatic heterocycles. The topological polar surface area (TPSA) is 78.5 Å². The molecule has 1 aromatic heterocycles. The minimum Gasteiger partial charge on any atom is -0.408 e. The monoisotopic (exact) mass is 276 g/mol. The number of H-pyrrole nitrogens is 1. The van der Waals surface area contributed by atoms with Gasteiger partial charge in [-0.15, -0.1) is 0 Å². The Morgan fingerprint density at radius 3 is 3.05 bits per heavy atom. The quantitative estimate of drug-likeness (QED) is 0.824. The van der Waals surface area contributed by atoms with Gasteiger partial charge in [0.15, 0.2) is 5.58 Å². The van der Waals surface area contributed by atoms with Gasteiger partial charge >= 0.3 is 5.76 Å². The molecule has 1 fully saturated rings. The molecule has 2 aromatic rings. The van der Waals surface area contributed by atoms with Gasteiger partial charge in [0.05, 0.1) is 16.9 Å². The van der Waals surface area contributed by atoms with Crippen molar-refractivity contribution in [2.75, 3.05) is 37.8 Å². The number of nitrogens with two attached hydrogens (primary N) is 1. The van der Waals surface area contributed by atoms with Crippen molar-refractivity contribution < 1.29 is 4.42 Å². The molecule has 0 saturated carbocycles. The highest BCUT2D eigenvalue weighted by molar-refractivity contribution is 5.85. The van der Waals surface area contributed by atoms with Crippen molar-refractivity contribution in [2.45, 2.75) is 18.9 Å². The van der Waals surface area contributed by atoms with Crippen molar-refractivity contribution in [2.24, 2.45) is 0 Å². The first-order chi connectivity index (χ1) is 9.54. The van der Waals surface area contributed by atoms with E-state index < -0.39 is 5.76 Å². The summed E-state index contributed by atoms with van der Waals surface area (Å²) in [5.74, 6) is -0.442. The zero-order valence-corrected chi connectivity index (χ0v) is 11.8. The summed E-state index contributed by atoms with van der Waals surface area (Å²) in [6.45, 7) is 2.00. The van der Waals surface area contributed by atoms with Crippen LogP contribution in [0.2, 0.25) is 0 Å². The summed E-state index contributed by atoms with van der Waals surface area (Å²) in [4.78, 5) is 18.5. The van der Waals surface area contributed by atoms with E-state index in [9.17, 15) is 4.79 Å². The van der Waals surface area contributed by atoms with Crippen LogP contribution in [-0.2, 0) is 0 Å². The number of aromatic amines is 1. The van der Waals surface area contributed by atoms with Gasteiger partial charge in [-0.3, -0.25) is 4.98 Å². The fourth-order valence-electron chi connectivity index (χ4n) is 3.01. The molecule has 1 aromatic carbocycles. The molecule has 0 amide bonds. The molecule has 108 valence electrons. The molecular formula is C14H20N4O2. The van der Waals surface area contributed by atoms with Crippen molar-refractivity contribution in [3.8, 4) is 0 Å². The fourth-order valence-corrected chi connectivity index (χ4v) is 3.01. The van der Waals surface area contributed by atoms with Gasteiger partial charge in [-0.05, 0) is 33.0 Å². The lowest BCUT2D eigenvalue weighted by Crippen LogP contribution is -2.37. The molecule has 1 saturated heterocycles. The second kappa shape index (κ2) is 4.86. The molecule has 20 heavy (non-hydrogen) atoms. The molecule has 6 nitrogen and oxygen atoms in total. The summed E-state index contributed by atoms with van der Waals surface area (Å²) < 4.78 is 5.04. The number of oxazole rings is 1. The number of nitrogen functional groups attached to an aromatic ring is 1. The van der Waals surface area contributed by atoms with Crippen LogP contribution in [0.25, 0.3) is 11.1 Å². The normalized spacial score (nSPS) is 19.4. The molecule has 0 bridgehead atoms. The van der Waals surface area contributed by atoms with Crippen LogP contribution >= 0.6 is 0 Å². The summed E-state index contributed by atoms with van der Waals surface area (Å²) in [6, 6.07) is 4.11. The predicted octanol–water partition coefficient (Wildman–Crippen LogP) is 1.23. The Hall–Kier alpha value is -1.95. The average Bonchev–Trinajstić information content (AvgIpc) is 2.92. The molecule has 6 heteroatoms. The smallest absolute Gasteiger partial charge is 0.408 e. The van der Waals surface area contributed by atoms with Crippen LogP contribution in [0.5, 0.6) is 0 Å². The molecule has 0 spiro atoms. The molecular weight excluding hydrogens is 256 g/mol. The van der Waals surface area contributed by atoms with Crippen LogP contribution in [0.4, 0.5) is 11.4 Å². The van der Waals surface area contributed by atoms with Gasteiger partial charge < -0.3 is 20.0 Å². The van der Waals surface area contributed by atoms with Crippen LogP contribution in [0, 0.1) is 0 Å². The number of hydrogen-bond donors (Lipinski definition) is 2. The van der Waals surface area contributed by atoms with E-state index in [1.165, 1.54) is 0 Å². The maximum atomic E-state index is 11.3. The highest BCUT2D eigenvalue weighted by Gasteiger charge is 2.27. The number of nitrogens with zero attached hydrogens (tertiary/aromatic N) is 2. The van der Waals surface area contributed by atoms with Gasteiger partial charge in [-0.1, -0.05) is 0 Å². The van der Waals surface area contributed by atoms with Crippen molar-refractivity contribution in [1.82, 2.24) is 9.88 Å². The van der Waals surface area contributed by atoms with Gasteiger partial charge in [0, 0.05) is 25.2 Å². The molecule has 1 unspecified atom stereocenters. The molecule has 1 atom stereocenters. The molecule has 0 radical (unpaired) electrons. The van der Waals surface area contributed by atoms with Crippen LogP contribution < -0.4 is 16.4 Å². The van der Waals surface area contributed by atoms with Gasteiger partial charge in [0.2, 0.25) is 0 Å². The summed E-state index contributed by atoms with van der Waals surface area (Å²) in [7, 11) is 4.16. The minimum absolute atomic E-state index is 0.442. The third-order valence-corrected chi connectivity index (χ3v) is 3.83. The summed E-state index contributed by atoms with van der Waals surface area (Å²) in [5.41, 5.74) is 9.00. The second-order valence-electron chi connectivity index (χ2n) is 5.67. The van der Waals surface area contributed by atoms with E-state index >= 15 is 0 Å². The van der Waals surface area contributed by atoms with Crippen molar-refractivity contribution in [3.63, 3.8) is 0 Å². The van der Waals surface area contributed by atoms with Crippen LogP contribution in [0.1, 0.15) is 12.8 Å². The number of rotatable bonds is 3. The number of likely N-dealkylation sites (N-methyl/N-ethyl adjacent to an activating group) is 1. The lowest BCUT2D eigenvalue weighted by Gasteiger charge is -2.29. The van der Waals surface area contributed by atoms with E-state index in [2.05, 4.69) is 28.9 Å². The van der Waals surface area contributed by atoms with Gasteiger partial charge in [-0.25, -0.2) is 4.79 Å². The van der Waals surface area contributed by atoms with Crippen LogP contribution in [0.15, 0.2) is 21.3 Å². The molecule has 3 rings (SSSR count). The third-order valence-electron chi connectivity index (χ3n) is 3.83. The maximum absolute atomic E-state index is 11.3. The highest BCUT2D eigenvalue weighted by Crippen LogP contribution is 2.33. The standard InChI is InChI=1S/C14H20N4O2/c1-17(2)8-9-4-3-5-18(9)12-7-11-13(6-10(12)15)20-14(19)16-11/h6-7,9H,3-5,8,15H2,1-2H3,(H,16,19). The van der Waals surface area contributed by atoms with E-state index in [0.29, 0.717) is 22.8 Å². The zero-order valence-electron chi connectivity index (χ0n) is 11.8. The number of benzene rings is 1. The highest BCUT2D eigenvalue weighted by atomic mass is 16.4. The first-order valence-electron chi connectivity index (χ1n) is 6.88. The van der Waals surface area contributed by atoms with E-state index in [4.69, 9.17) is 10.2 Å². The lowest BCUT2D eigenvalue weighted by molar-refractivity contribution is 0.372.